The lowest BCUT2D eigenvalue weighted by Gasteiger charge is -2.34. The second kappa shape index (κ2) is 8.65. The number of hydrogen-bond acceptors (Lipinski definition) is 5. The minimum Gasteiger partial charge on any atom is -0.336 e. The van der Waals surface area contributed by atoms with Crippen molar-refractivity contribution >= 4 is 11.8 Å². The van der Waals surface area contributed by atoms with Gasteiger partial charge in [-0.05, 0) is 6.42 Å². The summed E-state index contributed by atoms with van der Waals surface area (Å²) in [5, 5.41) is 0. The highest BCUT2D eigenvalue weighted by Gasteiger charge is 2.44. The number of piperidine rings is 1. The van der Waals surface area contributed by atoms with E-state index < -0.39 is 111 Å². The Labute approximate surface area is 187 Å². The lowest BCUT2D eigenvalue weighted by atomic mass is 10.0. The quantitative estimate of drug-likeness (QED) is 0.651. The van der Waals surface area contributed by atoms with Gasteiger partial charge in [0.25, 0.3) is 5.92 Å². The fourth-order valence-electron chi connectivity index (χ4n) is 3.28. The van der Waals surface area contributed by atoms with Crippen molar-refractivity contribution in [1.29, 1.82) is 0 Å². The average molecular weight is 493 g/mol. The predicted octanol–water partition coefficient (Wildman–Crippen LogP) is 2.37. The van der Waals surface area contributed by atoms with Crippen molar-refractivity contribution in [2.24, 2.45) is 5.73 Å². The third-order valence-corrected chi connectivity index (χ3v) is 4.78. The zero-order chi connectivity index (χ0) is 28.4. The van der Waals surface area contributed by atoms with Gasteiger partial charge in [0.05, 0.1) is 21.5 Å². The summed E-state index contributed by atoms with van der Waals surface area (Å²) in [6, 6.07) is -1.44. The van der Waals surface area contributed by atoms with Crippen LogP contribution in [0.3, 0.4) is 0 Å². The first-order valence-electron chi connectivity index (χ1n) is 11.4. The molecule has 0 bridgehead atoms. The molecule has 15 heteroatoms. The molecule has 1 fully saturated rings. The summed E-state index contributed by atoms with van der Waals surface area (Å²) in [5.74, 6) is -7.78. The van der Waals surface area contributed by atoms with Crippen molar-refractivity contribution in [3.05, 3.63) is 22.8 Å². The SMILES string of the molecule is [2H]C1([2H])Cc2c(C(F)(F)F)nc(C(F)(F)F)nc2C([2H])([2H])N1C(=O)C[C@H](N)CN1CC(F)(F)CCC1=O. The molecule has 3 heterocycles. The monoisotopic (exact) mass is 493 g/mol. The Morgan fingerprint density at radius 2 is 1.82 bits per heavy atom. The fourth-order valence-corrected chi connectivity index (χ4v) is 3.28. The van der Waals surface area contributed by atoms with E-state index in [1.807, 2.05) is 0 Å². The maximum Gasteiger partial charge on any atom is 0.451 e. The number of likely N-dealkylation sites (tertiary alicyclic amines) is 1. The first kappa shape index (κ1) is 19.9. The molecule has 1 aromatic rings. The lowest BCUT2D eigenvalue weighted by molar-refractivity contribution is -0.153. The molecule has 2 aliphatic rings. The summed E-state index contributed by atoms with van der Waals surface area (Å²) in [6.45, 7) is -8.48. The highest BCUT2D eigenvalue weighted by atomic mass is 19.4. The minimum absolute atomic E-state index is 0.220. The standard InChI is InChI=1S/C18H19F8N5O2/c19-16(20)3-1-12(32)31(8-16)6-9(27)5-13(33)30-4-2-10-11(7-30)28-15(18(24,25)26)29-14(10)17(21,22)23/h9H,1-8,27H2/t9-/m0/s1/i4D2,7D2. The third-order valence-electron chi connectivity index (χ3n) is 4.78. The smallest absolute Gasteiger partial charge is 0.336 e. The van der Waals surface area contributed by atoms with Crippen LogP contribution < -0.4 is 5.73 Å². The maximum atomic E-state index is 13.6. The Balaban J connectivity index is 1.96. The predicted molar refractivity (Wildman–Crippen MR) is 94.5 cm³/mol. The number of nitrogens with zero attached hydrogens (tertiary/aromatic N) is 4. The summed E-state index contributed by atoms with van der Waals surface area (Å²) in [4.78, 5) is 30.5. The average Bonchev–Trinajstić information content (AvgIpc) is 2.67. The number of aromatic nitrogens is 2. The fraction of sp³-hybridized carbons (Fsp3) is 0.667. The molecule has 1 saturated heterocycles. The zero-order valence-electron chi connectivity index (χ0n) is 20.5. The van der Waals surface area contributed by atoms with Crippen molar-refractivity contribution in [1.82, 2.24) is 19.8 Å². The second-order valence-corrected chi connectivity index (χ2v) is 7.49. The highest BCUT2D eigenvalue weighted by Crippen LogP contribution is 2.37. The van der Waals surface area contributed by atoms with E-state index in [-0.39, 0.29) is 4.90 Å². The van der Waals surface area contributed by atoms with Crippen molar-refractivity contribution in [2.75, 3.05) is 19.6 Å². The molecule has 184 valence electrons. The highest BCUT2D eigenvalue weighted by molar-refractivity contribution is 5.78. The van der Waals surface area contributed by atoms with Gasteiger partial charge < -0.3 is 15.5 Å². The summed E-state index contributed by atoms with van der Waals surface area (Å²) in [5.41, 5.74) is 0.730. The van der Waals surface area contributed by atoms with E-state index in [2.05, 4.69) is 9.97 Å². The molecule has 1 aromatic heterocycles. The van der Waals surface area contributed by atoms with Crippen LogP contribution in [-0.4, -0.2) is 63.1 Å². The van der Waals surface area contributed by atoms with Gasteiger partial charge in [-0.25, -0.2) is 18.7 Å². The van der Waals surface area contributed by atoms with Crippen LogP contribution in [0.25, 0.3) is 0 Å². The Morgan fingerprint density at radius 3 is 2.42 bits per heavy atom. The maximum absolute atomic E-state index is 13.6. The van der Waals surface area contributed by atoms with Crippen LogP contribution in [0.15, 0.2) is 0 Å². The van der Waals surface area contributed by atoms with Crippen molar-refractivity contribution < 1.29 is 50.2 Å². The Hall–Kier alpha value is -2.58. The van der Waals surface area contributed by atoms with Gasteiger partial charge in [0.15, 0.2) is 5.69 Å². The van der Waals surface area contributed by atoms with Crippen LogP contribution in [0.2, 0.25) is 0 Å². The van der Waals surface area contributed by atoms with Crippen molar-refractivity contribution in [3.8, 4) is 0 Å². The van der Waals surface area contributed by atoms with Gasteiger partial charge in [-0.1, -0.05) is 0 Å². The number of hydrogen-bond donors (Lipinski definition) is 1. The molecular formula is C18H19F8N5O2. The topological polar surface area (TPSA) is 92.4 Å². The molecule has 2 aliphatic heterocycles. The van der Waals surface area contributed by atoms with Gasteiger partial charge >= 0.3 is 12.4 Å². The Bertz CT molecular complexity index is 1100. The summed E-state index contributed by atoms with van der Waals surface area (Å²) in [6.07, 6.45) is -14.7. The summed E-state index contributed by atoms with van der Waals surface area (Å²) >= 11 is 0. The van der Waals surface area contributed by atoms with Gasteiger partial charge in [-0.2, -0.15) is 26.3 Å². The lowest BCUT2D eigenvalue weighted by Crippen LogP contribution is -2.51. The molecule has 0 spiro atoms. The second-order valence-electron chi connectivity index (χ2n) is 7.49. The summed E-state index contributed by atoms with van der Waals surface area (Å²) in [7, 11) is 0. The molecule has 0 radical (unpaired) electrons. The number of halogens is 8. The van der Waals surface area contributed by atoms with E-state index in [9.17, 15) is 44.7 Å². The number of nitrogens with two attached hydrogens (primary N) is 1. The molecule has 0 aliphatic carbocycles. The van der Waals surface area contributed by atoms with Gasteiger partial charge in [0, 0.05) is 46.7 Å². The van der Waals surface area contributed by atoms with Gasteiger partial charge in [-0.15, -0.1) is 0 Å². The molecule has 1 atom stereocenters. The van der Waals surface area contributed by atoms with Gasteiger partial charge in [0.1, 0.15) is 0 Å². The molecule has 0 aromatic carbocycles. The minimum atomic E-state index is -5.54. The van der Waals surface area contributed by atoms with Crippen LogP contribution in [0.1, 0.15) is 47.5 Å². The number of carbonyl (C=O) groups is 2. The van der Waals surface area contributed by atoms with Crippen LogP contribution in [0.5, 0.6) is 0 Å². The van der Waals surface area contributed by atoms with E-state index in [1.165, 1.54) is 0 Å². The van der Waals surface area contributed by atoms with E-state index in [1.54, 1.807) is 0 Å². The Morgan fingerprint density at radius 1 is 1.15 bits per heavy atom. The van der Waals surface area contributed by atoms with Gasteiger partial charge in [0.2, 0.25) is 17.6 Å². The number of rotatable bonds is 4. The molecule has 0 saturated carbocycles. The third kappa shape index (κ3) is 5.86. The van der Waals surface area contributed by atoms with Crippen LogP contribution in [-0.2, 0) is 34.9 Å². The molecule has 33 heavy (non-hydrogen) atoms. The molecule has 0 unspecified atom stereocenters. The van der Waals surface area contributed by atoms with E-state index >= 15 is 0 Å². The normalized spacial score (nSPS) is 24.8. The Kier molecular flexibility index (Phi) is 5.20. The zero-order valence-corrected chi connectivity index (χ0v) is 16.5. The largest absolute Gasteiger partial charge is 0.451 e. The van der Waals surface area contributed by atoms with Gasteiger partial charge in [-0.3, -0.25) is 9.59 Å². The summed E-state index contributed by atoms with van der Waals surface area (Å²) < 4.78 is 140. The van der Waals surface area contributed by atoms with Crippen LogP contribution >= 0.6 is 0 Å². The molecular weight excluding hydrogens is 470 g/mol. The molecule has 2 amide bonds. The number of carbonyl (C=O) groups excluding carboxylic acids is 2. The number of amides is 2. The van der Waals surface area contributed by atoms with Crippen molar-refractivity contribution in [3.63, 3.8) is 0 Å². The molecule has 3 rings (SSSR count). The first-order valence-corrected chi connectivity index (χ1v) is 9.36. The first-order chi connectivity index (χ1) is 16.6. The van der Waals surface area contributed by atoms with Crippen LogP contribution in [0, 0.1) is 0 Å². The molecule has 7 nitrogen and oxygen atoms in total. The van der Waals surface area contributed by atoms with Crippen molar-refractivity contribution in [2.45, 2.75) is 56.5 Å². The number of fused-ring (bicyclic) bond motifs is 1. The van der Waals surface area contributed by atoms with E-state index in [0.717, 1.165) is 0 Å². The molecule has 2 N–H and O–H groups in total. The van der Waals surface area contributed by atoms with E-state index in [4.69, 9.17) is 11.2 Å². The van der Waals surface area contributed by atoms with Crippen LogP contribution in [0.4, 0.5) is 35.1 Å². The van der Waals surface area contributed by atoms with E-state index in [0.29, 0.717) is 4.90 Å². The number of alkyl halides is 8.